The standard InChI is InChI=1S/C47H34N4/c1-32(2)36-21-14-22-37(25-36)41-27-40(35-19-10-5-11-20-35)30-43(31-41)46-49-45(50-47(51-46)44-23-12-13-24-48-44)42-28-38(33-15-6-3-7-16-33)26-39(29-42)34-17-8-4-9-18-34/h3-31H,1H2,2H3. The van der Waals surface area contributed by atoms with Crippen molar-refractivity contribution in [2.45, 2.75) is 6.92 Å². The molecule has 6 aromatic carbocycles. The second-order valence-electron chi connectivity index (χ2n) is 12.6. The SMILES string of the molecule is C=C(C)c1cccc(-c2cc(-c3ccccc3)cc(-c3nc(-c4cc(-c5ccccc5)cc(-c5ccccc5)c4)nc(-c4ccccn4)n3)c2)c1. The zero-order chi connectivity index (χ0) is 34.6. The molecule has 51 heavy (non-hydrogen) atoms. The molecule has 0 saturated carbocycles. The summed E-state index contributed by atoms with van der Waals surface area (Å²) in [5, 5.41) is 0. The molecular weight excluding hydrogens is 621 g/mol. The number of hydrogen-bond acceptors (Lipinski definition) is 4. The van der Waals surface area contributed by atoms with E-state index >= 15 is 0 Å². The van der Waals surface area contributed by atoms with Crippen LogP contribution in [0.5, 0.6) is 0 Å². The normalized spacial score (nSPS) is 10.9. The number of hydrogen-bond donors (Lipinski definition) is 0. The van der Waals surface area contributed by atoms with Crippen molar-refractivity contribution in [3.05, 3.63) is 188 Å². The Kier molecular flexibility index (Phi) is 8.63. The lowest BCUT2D eigenvalue weighted by atomic mass is 9.94. The van der Waals surface area contributed by atoms with Crippen LogP contribution in [0.3, 0.4) is 0 Å². The van der Waals surface area contributed by atoms with Crippen LogP contribution in [0.1, 0.15) is 12.5 Å². The molecule has 0 saturated heterocycles. The number of pyridine rings is 1. The molecule has 2 aromatic heterocycles. The van der Waals surface area contributed by atoms with Gasteiger partial charge in [0.05, 0.1) is 0 Å². The summed E-state index contributed by atoms with van der Waals surface area (Å²) in [5.74, 6) is 1.66. The monoisotopic (exact) mass is 654 g/mol. The number of aromatic nitrogens is 4. The van der Waals surface area contributed by atoms with E-state index in [1.165, 1.54) is 0 Å². The molecule has 8 aromatic rings. The molecule has 8 rings (SSSR count). The fourth-order valence-corrected chi connectivity index (χ4v) is 6.28. The van der Waals surface area contributed by atoms with Crippen molar-refractivity contribution in [1.82, 2.24) is 19.9 Å². The molecule has 0 aliphatic heterocycles. The Hall–Kier alpha value is -6.78. The molecule has 0 aliphatic rings. The van der Waals surface area contributed by atoms with Crippen LogP contribution in [-0.2, 0) is 0 Å². The second-order valence-corrected chi connectivity index (χ2v) is 12.6. The minimum absolute atomic E-state index is 0.512. The summed E-state index contributed by atoms with van der Waals surface area (Å²) in [6, 6.07) is 58.7. The Balaban J connectivity index is 1.36. The van der Waals surface area contributed by atoms with Crippen LogP contribution in [0, 0.1) is 0 Å². The van der Waals surface area contributed by atoms with E-state index in [0.717, 1.165) is 66.8 Å². The molecule has 2 heterocycles. The summed E-state index contributed by atoms with van der Waals surface area (Å²) in [4.78, 5) is 20.0. The fourth-order valence-electron chi connectivity index (χ4n) is 6.28. The molecule has 0 N–H and O–H groups in total. The summed E-state index contributed by atoms with van der Waals surface area (Å²) in [6.07, 6.45) is 1.77. The zero-order valence-electron chi connectivity index (χ0n) is 28.2. The van der Waals surface area contributed by atoms with Gasteiger partial charge in [0.1, 0.15) is 5.69 Å². The molecule has 0 atom stereocenters. The molecule has 0 radical (unpaired) electrons. The maximum atomic E-state index is 5.22. The van der Waals surface area contributed by atoms with Gasteiger partial charge in [-0.15, -0.1) is 0 Å². The molecule has 0 aliphatic carbocycles. The molecule has 0 unspecified atom stereocenters. The number of allylic oxidation sites excluding steroid dienone is 1. The van der Waals surface area contributed by atoms with Gasteiger partial charge >= 0.3 is 0 Å². The first kappa shape index (κ1) is 31.5. The number of nitrogens with zero attached hydrogens (tertiary/aromatic N) is 4. The molecule has 0 amide bonds. The summed E-state index contributed by atoms with van der Waals surface area (Å²) in [7, 11) is 0. The highest BCUT2D eigenvalue weighted by Gasteiger charge is 2.17. The predicted molar refractivity (Wildman–Crippen MR) is 210 cm³/mol. The number of rotatable bonds is 8. The molecule has 0 bridgehead atoms. The first-order valence-corrected chi connectivity index (χ1v) is 17.0. The quantitative estimate of drug-likeness (QED) is 0.164. The third kappa shape index (κ3) is 6.89. The third-order valence-corrected chi connectivity index (χ3v) is 8.92. The Morgan fingerprint density at radius 2 is 0.784 bits per heavy atom. The Morgan fingerprint density at radius 3 is 1.24 bits per heavy atom. The van der Waals surface area contributed by atoms with Crippen molar-refractivity contribution in [3.8, 4) is 78.8 Å². The van der Waals surface area contributed by atoms with Crippen molar-refractivity contribution in [1.29, 1.82) is 0 Å². The van der Waals surface area contributed by atoms with Gasteiger partial charge in [-0.2, -0.15) is 0 Å². The van der Waals surface area contributed by atoms with E-state index in [1.54, 1.807) is 6.20 Å². The maximum absolute atomic E-state index is 5.22. The highest BCUT2D eigenvalue weighted by molar-refractivity contribution is 5.83. The highest BCUT2D eigenvalue weighted by atomic mass is 15.0. The van der Waals surface area contributed by atoms with Gasteiger partial charge in [-0.1, -0.05) is 127 Å². The lowest BCUT2D eigenvalue weighted by Gasteiger charge is -2.14. The van der Waals surface area contributed by atoms with Crippen LogP contribution < -0.4 is 0 Å². The van der Waals surface area contributed by atoms with Crippen molar-refractivity contribution in [2.75, 3.05) is 0 Å². The molecule has 4 nitrogen and oxygen atoms in total. The predicted octanol–water partition coefficient (Wildman–Crippen LogP) is 12.0. The smallest absolute Gasteiger partial charge is 0.182 e. The lowest BCUT2D eigenvalue weighted by Crippen LogP contribution is -2.02. The van der Waals surface area contributed by atoms with Crippen LogP contribution >= 0.6 is 0 Å². The minimum atomic E-state index is 0.512. The number of benzene rings is 6. The summed E-state index contributed by atoms with van der Waals surface area (Å²) in [5.41, 5.74) is 13.3. The van der Waals surface area contributed by atoms with E-state index in [4.69, 9.17) is 15.0 Å². The summed E-state index contributed by atoms with van der Waals surface area (Å²) < 4.78 is 0. The summed E-state index contributed by atoms with van der Waals surface area (Å²) >= 11 is 0. The largest absolute Gasteiger partial charge is 0.253 e. The minimum Gasteiger partial charge on any atom is -0.253 e. The maximum Gasteiger partial charge on any atom is 0.182 e. The van der Waals surface area contributed by atoms with E-state index in [1.807, 2.05) is 43.3 Å². The topological polar surface area (TPSA) is 51.6 Å². The average molecular weight is 655 g/mol. The van der Waals surface area contributed by atoms with E-state index in [-0.39, 0.29) is 0 Å². The van der Waals surface area contributed by atoms with E-state index < -0.39 is 0 Å². The van der Waals surface area contributed by atoms with Gasteiger partial charge in [-0.25, -0.2) is 15.0 Å². The second kappa shape index (κ2) is 14.0. The third-order valence-electron chi connectivity index (χ3n) is 8.92. The van der Waals surface area contributed by atoms with Crippen molar-refractivity contribution < 1.29 is 0 Å². The van der Waals surface area contributed by atoms with Gasteiger partial charge in [0.2, 0.25) is 0 Å². The van der Waals surface area contributed by atoms with Crippen LogP contribution in [0.4, 0.5) is 0 Å². The summed E-state index contributed by atoms with van der Waals surface area (Å²) in [6.45, 7) is 6.22. The van der Waals surface area contributed by atoms with Crippen LogP contribution in [-0.4, -0.2) is 19.9 Å². The first-order chi connectivity index (χ1) is 25.1. The van der Waals surface area contributed by atoms with Crippen LogP contribution in [0.25, 0.3) is 84.4 Å². The van der Waals surface area contributed by atoms with Gasteiger partial charge in [0, 0.05) is 17.3 Å². The van der Waals surface area contributed by atoms with Gasteiger partial charge in [-0.05, 0) is 112 Å². The van der Waals surface area contributed by atoms with Gasteiger partial charge < -0.3 is 0 Å². The fraction of sp³-hybridized carbons (Fsp3) is 0.0213. The Morgan fingerprint density at radius 1 is 0.373 bits per heavy atom. The van der Waals surface area contributed by atoms with Crippen molar-refractivity contribution >= 4 is 5.57 Å². The van der Waals surface area contributed by atoms with Crippen molar-refractivity contribution in [2.24, 2.45) is 0 Å². The molecule has 0 fully saturated rings. The van der Waals surface area contributed by atoms with Gasteiger partial charge in [0.25, 0.3) is 0 Å². The molecule has 0 spiro atoms. The van der Waals surface area contributed by atoms with E-state index in [2.05, 4.69) is 145 Å². The average Bonchev–Trinajstić information content (AvgIpc) is 3.21. The first-order valence-electron chi connectivity index (χ1n) is 17.0. The van der Waals surface area contributed by atoms with Crippen molar-refractivity contribution in [3.63, 3.8) is 0 Å². The van der Waals surface area contributed by atoms with Gasteiger partial charge in [-0.3, -0.25) is 4.98 Å². The lowest BCUT2D eigenvalue weighted by molar-refractivity contribution is 1.06. The van der Waals surface area contributed by atoms with E-state index in [0.29, 0.717) is 23.2 Å². The Labute approximate surface area is 298 Å². The van der Waals surface area contributed by atoms with Crippen LogP contribution in [0.2, 0.25) is 0 Å². The highest BCUT2D eigenvalue weighted by Crippen LogP contribution is 2.36. The van der Waals surface area contributed by atoms with Crippen LogP contribution in [0.15, 0.2) is 183 Å². The van der Waals surface area contributed by atoms with E-state index in [9.17, 15) is 0 Å². The molecular formula is C47H34N4. The molecule has 242 valence electrons. The Bertz CT molecular complexity index is 2420. The van der Waals surface area contributed by atoms with Gasteiger partial charge in [0.15, 0.2) is 17.5 Å². The molecule has 4 heteroatoms. The zero-order valence-corrected chi connectivity index (χ0v) is 28.2.